The Hall–Kier alpha value is -1.40. The molecule has 0 fully saturated rings. The molecule has 142 valence electrons. The second-order valence-corrected chi connectivity index (χ2v) is 8.96. The van der Waals surface area contributed by atoms with E-state index in [0.29, 0.717) is 32.4 Å². The molecule has 0 saturated carbocycles. The molecule has 25 heavy (non-hydrogen) atoms. The number of hydrogen-bond acceptors (Lipinski definition) is 3. The van der Waals surface area contributed by atoms with Crippen LogP contribution in [0.25, 0.3) is 0 Å². The Morgan fingerprint density at radius 1 is 1.04 bits per heavy atom. The van der Waals surface area contributed by atoms with Crippen molar-refractivity contribution in [1.29, 1.82) is 0 Å². The van der Waals surface area contributed by atoms with Crippen LogP contribution in [0.1, 0.15) is 64.0 Å². The smallest absolute Gasteiger partial charge is 0.220 e. The minimum atomic E-state index is -3.21. The minimum Gasteiger partial charge on any atom is -0.352 e. The molecule has 1 aromatic rings. The van der Waals surface area contributed by atoms with Crippen molar-refractivity contribution >= 4 is 15.9 Å². The van der Waals surface area contributed by atoms with Gasteiger partial charge < -0.3 is 5.32 Å². The normalized spacial score (nSPS) is 11.7. The summed E-state index contributed by atoms with van der Waals surface area (Å²) in [7, 11) is -3.21. The van der Waals surface area contributed by atoms with Crippen LogP contribution in [0, 0.1) is 0 Å². The van der Waals surface area contributed by atoms with Gasteiger partial charge in [0.2, 0.25) is 15.9 Å². The number of rotatable bonds is 12. The highest BCUT2D eigenvalue weighted by molar-refractivity contribution is 7.90. The first kappa shape index (κ1) is 21.6. The first-order valence-electron chi connectivity index (χ1n) is 9.18. The maximum Gasteiger partial charge on any atom is 0.220 e. The lowest BCUT2D eigenvalue weighted by atomic mass is 10.1. The number of aryl methyl sites for hydroxylation is 1. The summed E-state index contributed by atoms with van der Waals surface area (Å²) in [5.41, 5.74) is 2.43. The van der Waals surface area contributed by atoms with Crippen molar-refractivity contribution in [3.05, 3.63) is 35.4 Å². The zero-order chi connectivity index (χ0) is 18.7. The van der Waals surface area contributed by atoms with Crippen LogP contribution < -0.4 is 10.0 Å². The molecule has 0 spiro atoms. The Labute approximate surface area is 152 Å². The summed E-state index contributed by atoms with van der Waals surface area (Å²) in [4.78, 5) is 11.8. The van der Waals surface area contributed by atoms with Gasteiger partial charge in [0.05, 0.1) is 5.25 Å². The Bertz CT molecular complexity index is 610. The van der Waals surface area contributed by atoms with Crippen LogP contribution in [0.4, 0.5) is 0 Å². The number of carbonyl (C=O) groups is 1. The highest BCUT2D eigenvalue weighted by Gasteiger charge is 2.14. The number of benzene rings is 1. The quantitative estimate of drug-likeness (QED) is 0.557. The first-order chi connectivity index (χ1) is 11.8. The number of amides is 1. The summed E-state index contributed by atoms with van der Waals surface area (Å²) in [6.45, 7) is 6.39. The molecular formula is C19H32N2O3S. The SMILES string of the molecule is CCCCc1ccc(CNC(=O)CCCCNS(=O)(=O)C(C)C)cc1. The van der Waals surface area contributed by atoms with Gasteiger partial charge in [-0.15, -0.1) is 0 Å². The third-order valence-corrected chi connectivity index (χ3v) is 5.93. The molecule has 0 bridgehead atoms. The van der Waals surface area contributed by atoms with E-state index in [0.717, 1.165) is 12.0 Å². The average molecular weight is 369 g/mol. The third kappa shape index (κ3) is 9.02. The molecule has 0 heterocycles. The number of sulfonamides is 1. The predicted molar refractivity (Wildman–Crippen MR) is 103 cm³/mol. The average Bonchev–Trinajstić information content (AvgIpc) is 2.58. The first-order valence-corrected chi connectivity index (χ1v) is 10.7. The molecule has 0 aliphatic carbocycles. The predicted octanol–water partition coefficient (Wildman–Crippen LogP) is 3.14. The van der Waals surface area contributed by atoms with E-state index < -0.39 is 15.3 Å². The Kier molecular flexibility index (Phi) is 9.75. The lowest BCUT2D eigenvalue weighted by Gasteiger charge is -2.09. The van der Waals surface area contributed by atoms with E-state index in [9.17, 15) is 13.2 Å². The standard InChI is InChI=1S/C19H32N2O3S/c1-4-5-8-17-10-12-18(13-11-17)15-20-19(22)9-6-7-14-21-25(23,24)16(2)3/h10-13,16,21H,4-9,14-15H2,1-3H3,(H,20,22). The Balaban J connectivity index is 2.18. The summed E-state index contributed by atoms with van der Waals surface area (Å²) < 4.78 is 25.7. The van der Waals surface area contributed by atoms with Gasteiger partial charge in [-0.1, -0.05) is 37.6 Å². The van der Waals surface area contributed by atoms with E-state index in [4.69, 9.17) is 0 Å². The Morgan fingerprint density at radius 3 is 2.28 bits per heavy atom. The van der Waals surface area contributed by atoms with Crippen LogP contribution in [0.2, 0.25) is 0 Å². The molecule has 1 aromatic carbocycles. The number of carbonyl (C=O) groups excluding carboxylic acids is 1. The van der Waals surface area contributed by atoms with E-state index in [2.05, 4.69) is 41.2 Å². The summed E-state index contributed by atoms with van der Waals surface area (Å²) in [5, 5.41) is 2.48. The van der Waals surface area contributed by atoms with Gasteiger partial charge in [-0.25, -0.2) is 13.1 Å². The topological polar surface area (TPSA) is 75.3 Å². The maximum atomic E-state index is 11.8. The van der Waals surface area contributed by atoms with Gasteiger partial charge in [-0.2, -0.15) is 0 Å². The van der Waals surface area contributed by atoms with Crippen LogP contribution in [0.3, 0.4) is 0 Å². The van der Waals surface area contributed by atoms with Crippen LogP contribution in [-0.4, -0.2) is 26.1 Å². The molecule has 1 amide bonds. The fraction of sp³-hybridized carbons (Fsp3) is 0.632. The number of nitrogens with one attached hydrogen (secondary N) is 2. The maximum absolute atomic E-state index is 11.8. The molecule has 5 nitrogen and oxygen atoms in total. The zero-order valence-corrected chi connectivity index (χ0v) is 16.5. The molecule has 0 saturated heterocycles. The van der Waals surface area contributed by atoms with Gasteiger partial charge in [0.1, 0.15) is 0 Å². The molecule has 0 aliphatic heterocycles. The van der Waals surface area contributed by atoms with E-state index in [1.165, 1.54) is 18.4 Å². The van der Waals surface area contributed by atoms with Crippen LogP contribution in [0.5, 0.6) is 0 Å². The highest BCUT2D eigenvalue weighted by atomic mass is 32.2. The van der Waals surface area contributed by atoms with E-state index in [1.807, 2.05) is 0 Å². The van der Waals surface area contributed by atoms with E-state index in [1.54, 1.807) is 13.8 Å². The lowest BCUT2D eigenvalue weighted by molar-refractivity contribution is -0.121. The number of unbranched alkanes of at least 4 members (excludes halogenated alkanes) is 2. The summed E-state index contributed by atoms with van der Waals surface area (Å²) in [6, 6.07) is 8.37. The molecule has 6 heteroatoms. The molecule has 0 aliphatic rings. The molecule has 0 radical (unpaired) electrons. The van der Waals surface area contributed by atoms with Crippen molar-refractivity contribution in [3.63, 3.8) is 0 Å². The van der Waals surface area contributed by atoms with Crippen LogP contribution in [0.15, 0.2) is 24.3 Å². The van der Waals surface area contributed by atoms with Gasteiger partial charge in [0, 0.05) is 19.5 Å². The van der Waals surface area contributed by atoms with Crippen molar-refractivity contribution in [2.24, 2.45) is 0 Å². The van der Waals surface area contributed by atoms with Crippen molar-refractivity contribution in [1.82, 2.24) is 10.0 Å². The van der Waals surface area contributed by atoms with Gasteiger partial charge in [0.15, 0.2) is 0 Å². The van der Waals surface area contributed by atoms with Gasteiger partial charge >= 0.3 is 0 Å². The summed E-state index contributed by atoms with van der Waals surface area (Å²) in [5.74, 6) is 0.00164. The fourth-order valence-electron chi connectivity index (χ4n) is 2.29. The largest absolute Gasteiger partial charge is 0.352 e. The van der Waals surface area contributed by atoms with Gasteiger partial charge in [0.25, 0.3) is 0 Å². The molecular weight excluding hydrogens is 336 g/mol. The molecule has 2 N–H and O–H groups in total. The highest BCUT2D eigenvalue weighted by Crippen LogP contribution is 2.08. The fourth-order valence-corrected chi connectivity index (χ4v) is 3.05. The minimum absolute atomic E-state index is 0.00164. The van der Waals surface area contributed by atoms with Gasteiger partial charge in [-0.05, 0) is 50.7 Å². The monoisotopic (exact) mass is 368 g/mol. The van der Waals surface area contributed by atoms with E-state index in [-0.39, 0.29) is 5.91 Å². The zero-order valence-electron chi connectivity index (χ0n) is 15.7. The van der Waals surface area contributed by atoms with Crippen molar-refractivity contribution in [2.45, 2.75) is 71.1 Å². The molecule has 0 atom stereocenters. The van der Waals surface area contributed by atoms with Crippen molar-refractivity contribution in [2.75, 3.05) is 6.54 Å². The molecule has 0 aromatic heterocycles. The van der Waals surface area contributed by atoms with Crippen LogP contribution >= 0.6 is 0 Å². The Morgan fingerprint density at radius 2 is 1.68 bits per heavy atom. The van der Waals surface area contributed by atoms with Crippen LogP contribution in [-0.2, 0) is 27.8 Å². The van der Waals surface area contributed by atoms with Gasteiger partial charge in [-0.3, -0.25) is 4.79 Å². The second kappa shape index (κ2) is 11.3. The lowest BCUT2D eigenvalue weighted by Crippen LogP contribution is -2.31. The second-order valence-electron chi connectivity index (χ2n) is 6.64. The molecule has 1 rings (SSSR count). The summed E-state index contributed by atoms with van der Waals surface area (Å²) in [6.07, 6.45) is 5.23. The van der Waals surface area contributed by atoms with Crippen molar-refractivity contribution in [3.8, 4) is 0 Å². The number of hydrogen-bond donors (Lipinski definition) is 2. The molecule has 0 unspecified atom stereocenters. The van der Waals surface area contributed by atoms with E-state index >= 15 is 0 Å². The van der Waals surface area contributed by atoms with Crippen molar-refractivity contribution < 1.29 is 13.2 Å². The third-order valence-electron chi connectivity index (χ3n) is 4.09. The summed E-state index contributed by atoms with van der Waals surface area (Å²) >= 11 is 0.